The maximum absolute atomic E-state index is 13.3. The van der Waals surface area contributed by atoms with Crippen LogP contribution >= 0.6 is 0 Å². The van der Waals surface area contributed by atoms with Crippen molar-refractivity contribution in [1.29, 1.82) is 0 Å². The van der Waals surface area contributed by atoms with Gasteiger partial charge in [-0.3, -0.25) is 4.79 Å². The molecule has 0 aliphatic carbocycles. The van der Waals surface area contributed by atoms with Gasteiger partial charge in [0.1, 0.15) is 43.4 Å². The number of rotatable bonds is 17. The average Bonchev–Trinajstić information content (AvgIpc) is 3.52. The molecular formula is C43H46O20. The third-order valence-corrected chi connectivity index (χ3v) is 9.53. The lowest BCUT2D eigenvalue weighted by Crippen LogP contribution is -2.64. The normalized spacial score (nSPS) is 25.8. The van der Waals surface area contributed by atoms with E-state index in [1.165, 1.54) is 93.1 Å². The molecule has 338 valence electrons. The van der Waals surface area contributed by atoms with Crippen LogP contribution in [0.2, 0.25) is 0 Å². The standard InChI is InChI=1S/C43H46O20/c1-23(46)58-40-38(54)39(60-35(51)16-8-24-4-11-27(47)12-5-24)32(20-44)59-42(40)63-43(22-45)41(61-36(52)17-10-26-7-14-29(49)31(19-26)56-3)37(53)33(62-43)21-57-34(50)15-9-25-6-13-28(48)30(18-25)55-2/h4-19,32-33,37-42,44-45,47-49,53-54H,20-22H2,1-3H3/b15-9+,16-8+,17-10+/t32-,33-,37-,38+,39-,40-,41+,42-,43+/m1/s1. The Balaban J connectivity index is 1.40. The second-order valence-electron chi connectivity index (χ2n) is 13.9. The van der Waals surface area contributed by atoms with E-state index in [0.717, 1.165) is 25.2 Å². The van der Waals surface area contributed by atoms with E-state index in [1.807, 2.05) is 0 Å². The molecule has 20 heteroatoms. The molecule has 3 aromatic rings. The molecule has 2 heterocycles. The van der Waals surface area contributed by atoms with E-state index >= 15 is 0 Å². The molecule has 0 radical (unpaired) electrons. The number of phenols is 3. The lowest BCUT2D eigenvalue weighted by atomic mass is 9.98. The molecule has 5 rings (SSSR count). The number of phenolic OH excluding ortho intramolecular Hbond substituents is 3. The molecule has 2 saturated heterocycles. The highest BCUT2D eigenvalue weighted by Gasteiger charge is 2.62. The highest BCUT2D eigenvalue weighted by Crippen LogP contribution is 2.39. The van der Waals surface area contributed by atoms with Gasteiger partial charge in [-0.1, -0.05) is 24.3 Å². The van der Waals surface area contributed by atoms with Crippen LogP contribution in [0.15, 0.2) is 78.9 Å². The molecule has 0 spiro atoms. The summed E-state index contributed by atoms with van der Waals surface area (Å²) in [6.45, 7) is -1.92. The van der Waals surface area contributed by atoms with Crippen LogP contribution < -0.4 is 9.47 Å². The Morgan fingerprint density at radius 1 is 0.683 bits per heavy atom. The SMILES string of the molecule is COc1cc(/C=C/C(=O)OC[C@H]2O[C@@](CO)(O[C@H]3O[C@H](CO)[C@@H](OC(=O)/C=C/c4ccc(O)cc4)[C@H](O)[C@H]3OC(C)=O)[C@@H](OC(=O)/C=C/c3ccc(O)c(OC)c3)[C@@H]2O)ccc1O. The number of carbonyl (C=O) groups excluding carboxylic acids is 4. The van der Waals surface area contributed by atoms with Crippen LogP contribution in [0.25, 0.3) is 18.2 Å². The zero-order chi connectivity index (χ0) is 45.8. The van der Waals surface area contributed by atoms with Crippen LogP contribution in [-0.2, 0) is 52.3 Å². The van der Waals surface area contributed by atoms with Gasteiger partial charge in [0.2, 0.25) is 12.1 Å². The molecule has 0 aromatic heterocycles. The van der Waals surface area contributed by atoms with Crippen LogP contribution in [0.4, 0.5) is 0 Å². The maximum atomic E-state index is 13.3. The molecule has 3 aromatic carbocycles. The topological polar surface area (TPSA) is 293 Å². The lowest BCUT2D eigenvalue weighted by molar-refractivity contribution is -0.383. The Kier molecular flexibility index (Phi) is 16.2. The molecule has 0 bridgehead atoms. The van der Waals surface area contributed by atoms with Gasteiger partial charge in [0.05, 0.1) is 20.8 Å². The minimum Gasteiger partial charge on any atom is -0.508 e. The summed E-state index contributed by atoms with van der Waals surface area (Å²) in [7, 11) is 2.66. The van der Waals surface area contributed by atoms with E-state index in [1.54, 1.807) is 0 Å². The van der Waals surface area contributed by atoms with Gasteiger partial charge in [0.15, 0.2) is 41.3 Å². The molecule has 0 saturated carbocycles. The summed E-state index contributed by atoms with van der Waals surface area (Å²) >= 11 is 0. The van der Waals surface area contributed by atoms with Crippen LogP contribution in [0.3, 0.4) is 0 Å². The summed E-state index contributed by atoms with van der Waals surface area (Å²) < 4.78 is 49.5. The average molecular weight is 883 g/mol. The summed E-state index contributed by atoms with van der Waals surface area (Å²) in [6.07, 6.45) is -7.79. The van der Waals surface area contributed by atoms with Crippen molar-refractivity contribution in [2.45, 2.75) is 61.7 Å². The third kappa shape index (κ3) is 12.1. The Labute approximate surface area is 359 Å². The molecule has 63 heavy (non-hydrogen) atoms. The molecule has 2 fully saturated rings. The van der Waals surface area contributed by atoms with Crippen LogP contribution in [-0.4, -0.2) is 148 Å². The highest BCUT2D eigenvalue weighted by atomic mass is 16.8. The molecule has 2 aliphatic heterocycles. The van der Waals surface area contributed by atoms with Crippen molar-refractivity contribution in [2.24, 2.45) is 0 Å². The highest BCUT2D eigenvalue weighted by molar-refractivity contribution is 5.88. The van der Waals surface area contributed by atoms with E-state index in [9.17, 15) is 54.9 Å². The first kappa shape index (κ1) is 47.5. The third-order valence-electron chi connectivity index (χ3n) is 9.53. The first-order valence-corrected chi connectivity index (χ1v) is 19.0. The maximum Gasteiger partial charge on any atom is 0.331 e. The summed E-state index contributed by atoms with van der Waals surface area (Å²) in [6, 6.07) is 14.2. The number of methoxy groups -OCH3 is 2. The smallest absolute Gasteiger partial charge is 0.331 e. The molecule has 20 nitrogen and oxygen atoms in total. The second-order valence-corrected chi connectivity index (χ2v) is 13.9. The van der Waals surface area contributed by atoms with Gasteiger partial charge in [0.25, 0.3) is 0 Å². The number of aliphatic hydroxyl groups is 4. The minimum absolute atomic E-state index is 0.0124. The summed E-state index contributed by atoms with van der Waals surface area (Å²) in [5.41, 5.74) is 1.31. The van der Waals surface area contributed by atoms with Gasteiger partial charge >= 0.3 is 23.9 Å². The number of benzene rings is 3. The molecule has 9 atom stereocenters. The van der Waals surface area contributed by atoms with Crippen LogP contribution in [0, 0.1) is 0 Å². The summed E-state index contributed by atoms with van der Waals surface area (Å²) in [5, 5.41) is 73.5. The molecular weight excluding hydrogens is 836 g/mol. The molecule has 0 amide bonds. The predicted molar refractivity (Wildman–Crippen MR) is 214 cm³/mol. The Hall–Kier alpha value is -6.52. The Morgan fingerprint density at radius 2 is 1.22 bits per heavy atom. The van der Waals surface area contributed by atoms with Gasteiger partial charge in [-0.15, -0.1) is 0 Å². The quantitative estimate of drug-likeness (QED) is 0.0567. The largest absolute Gasteiger partial charge is 0.508 e. The number of carbonyl (C=O) groups is 4. The first-order valence-electron chi connectivity index (χ1n) is 19.0. The predicted octanol–water partition coefficient (Wildman–Crippen LogP) is 1.10. The van der Waals surface area contributed by atoms with Crippen molar-refractivity contribution in [3.8, 4) is 28.7 Å². The molecule has 2 aliphatic rings. The minimum atomic E-state index is -2.64. The van der Waals surface area contributed by atoms with Gasteiger partial charge < -0.3 is 78.4 Å². The fraction of sp³-hybridized carbons (Fsp3) is 0.349. The monoisotopic (exact) mass is 882 g/mol. The fourth-order valence-electron chi connectivity index (χ4n) is 6.42. The summed E-state index contributed by atoms with van der Waals surface area (Å²) in [4.78, 5) is 51.3. The zero-order valence-corrected chi connectivity index (χ0v) is 33.9. The van der Waals surface area contributed by atoms with E-state index in [2.05, 4.69) is 0 Å². The van der Waals surface area contributed by atoms with Gasteiger partial charge in [-0.05, 0) is 71.3 Å². The van der Waals surface area contributed by atoms with E-state index in [-0.39, 0.29) is 28.7 Å². The number of aromatic hydroxyl groups is 3. The first-order chi connectivity index (χ1) is 30.1. The van der Waals surface area contributed by atoms with Crippen molar-refractivity contribution < 1.29 is 97.6 Å². The van der Waals surface area contributed by atoms with Gasteiger partial charge in [-0.25, -0.2) is 14.4 Å². The van der Waals surface area contributed by atoms with Crippen LogP contribution in [0.1, 0.15) is 23.6 Å². The number of aliphatic hydroxyl groups excluding tert-OH is 4. The van der Waals surface area contributed by atoms with Crippen molar-refractivity contribution in [2.75, 3.05) is 34.0 Å². The van der Waals surface area contributed by atoms with E-state index in [4.69, 9.17) is 42.6 Å². The van der Waals surface area contributed by atoms with E-state index < -0.39 is 98.5 Å². The van der Waals surface area contributed by atoms with Crippen molar-refractivity contribution >= 4 is 42.1 Å². The van der Waals surface area contributed by atoms with Crippen molar-refractivity contribution in [3.63, 3.8) is 0 Å². The fourth-order valence-corrected chi connectivity index (χ4v) is 6.42. The van der Waals surface area contributed by atoms with E-state index in [0.29, 0.717) is 16.7 Å². The number of esters is 4. The van der Waals surface area contributed by atoms with Gasteiger partial charge in [-0.2, -0.15) is 0 Å². The Bertz CT molecular complexity index is 2170. The van der Waals surface area contributed by atoms with Gasteiger partial charge in [0, 0.05) is 25.2 Å². The van der Waals surface area contributed by atoms with Crippen molar-refractivity contribution in [3.05, 3.63) is 95.6 Å². The Morgan fingerprint density at radius 3 is 1.76 bits per heavy atom. The van der Waals surface area contributed by atoms with Crippen molar-refractivity contribution in [1.82, 2.24) is 0 Å². The molecule has 7 N–H and O–H groups in total. The number of ether oxygens (including phenoxy) is 9. The number of hydrogen-bond donors (Lipinski definition) is 7. The second kappa shape index (κ2) is 21.5. The molecule has 0 unspecified atom stereocenters. The number of hydrogen-bond acceptors (Lipinski definition) is 20. The summed E-state index contributed by atoms with van der Waals surface area (Å²) in [5.74, 6) is -6.83. The lowest BCUT2D eigenvalue weighted by Gasteiger charge is -2.45. The zero-order valence-electron chi connectivity index (χ0n) is 33.9. The van der Waals surface area contributed by atoms with Crippen LogP contribution in [0.5, 0.6) is 28.7 Å².